The zero-order valence-electron chi connectivity index (χ0n) is 20.1. The fraction of sp³-hybridized carbons (Fsp3) is 1.00. The standard InChI is InChI=1S/5CHF3O3S.5H3N/c5*2-1(3,4)8(5,6)7;;;;;/h5*(H,5,6,7);5*1H3. The van der Waals surface area contributed by atoms with Gasteiger partial charge in [0, 0.05) is 0 Å². The van der Waals surface area contributed by atoms with E-state index >= 15 is 0 Å². The quantitative estimate of drug-likeness (QED) is 0.0952. The van der Waals surface area contributed by atoms with Gasteiger partial charge in [-0.25, -0.2) is 0 Å². The van der Waals surface area contributed by atoms with Crippen LogP contribution < -0.4 is 30.8 Å². The summed E-state index contributed by atoms with van der Waals surface area (Å²) >= 11 is 0. The SMILES string of the molecule is N.N.N.N.N.O=S(=O)(O)C(F)(F)F.O=S(=O)(O)C(F)(F)F.O=S(=O)(O)C(F)(F)F.O=S(=O)(O)C(F)(F)F.O=S(=O)(O)C(F)(F)F. The average molecular weight is 836 g/mol. The monoisotopic (exact) mass is 835 g/mol. The van der Waals surface area contributed by atoms with Crippen LogP contribution in [0.2, 0.25) is 0 Å². The van der Waals surface area contributed by atoms with Crippen LogP contribution in [0, 0.1) is 0 Å². The third kappa shape index (κ3) is 36.6. The van der Waals surface area contributed by atoms with Gasteiger partial charge < -0.3 is 30.8 Å². The molecule has 290 valence electrons. The molecule has 0 saturated heterocycles. The molecule has 0 atom stereocenters. The van der Waals surface area contributed by atoms with Crippen LogP contribution in [0.3, 0.4) is 0 Å². The Hall–Kier alpha value is -1.70. The van der Waals surface area contributed by atoms with Crippen molar-refractivity contribution in [2.75, 3.05) is 0 Å². The van der Waals surface area contributed by atoms with Gasteiger partial charge in [-0.2, -0.15) is 108 Å². The van der Waals surface area contributed by atoms with Crippen LogP contribution in [0.15, 0.2) is 0 Å². The lowest BCUT2D eigenvalue weighted by Gasteiger charge is -1.97. The van der Waals surface area contributed by atoms with Crippen molar-refractivity contribution in [2.24, 2.45) is 0 Å². The third-order valence-electron chi connectivity index (χ3n) is 1.46. The van der Waals surface area contributed by atoms with Crippen LogP contribution in [0.5, 0.6) is 0 Å². The highest BCUT2D eigenvalue weighted by atomic mass is 32.2. The van der Waals surface area contributed by atoms with E-state index in [9.17, 15) is 65.9 Å². The molecule has 45 heavy (non-hydrogen) atoms. The number of rotatable bonds is 0. The first-order chi connectivity index (χ1) is 16.2. The molecule has 0 radical (unpaired) electrons. The molecule has 0 bridgehead atoms. The molecule has 0 aliphatic carbocycles. The highest BCUT2D eigenvalue weighted by molar-refractivity contribution is 7.87. The molecule has 0 aliphatic rings. The first-order valence-electron chi connectivity index (χ1n) is 6.43. The Morgan fingerprint density at radius 3 is 0.267 bits per heavy atom. The molecule has 0 amide bonds. The number of hydrogen-bond donors (Lipinski definition) is 10. The third-order valence-corrected chi connectivity index (χ3v) is 4.39. The van der Waals surface area contributed by atoms with Gasteiger partial charge >= 0.3 is 78.1 Å². The van der Waals surface area contributed by atoms with Crippen molar-refractivity contribution >= 4 is 50.6 Å². The van der Waals surface area contributed by atoms with Crippen molar-refractivity contribution < 1.29 is 131 Å². The maximum absolute atomic E-state index is 10.7. The highest BCUT2D eigenvalue weighted by Gasteiger charge is 2.46. The van der Waals surface area contributed by atoms with Crippen LogP contribution in [0.25, 0.3) is 0 Å². The van der Waals surface area contributed by atoms with Gasteiger partial charge in [-0.15, -0.1) is 0 Å². The summed E-state index contributed by atoms with van der Waals surface area (Å²) in [7, 11) is -29.2. The summed E-state index contributed by atoms with van der Waals surface area (Å²) in [6.45, 7) is 0. The minimum atomic E-state index is -5.84. The maximum atomic E-state index is 10.7. The molecule has 40 heteroatoms. The molecule has 0 rings (SSSR count). The van der Waals surface area contributed by atoms with Gasteiger partial charge in [0.05, 0.1) is 0 Å². The fourth-order valence-corrected chi connectivity index (χ4v) is 0. The second-order valence-electron chi connectivity index (χ2n) is 4.60. The Morgan fingerprint density at radius 2 is 0.267 bits per heavy atom. The predicted octanol–water partition coefficient (Wildman–Crippen LogP) is 2.78. The highest BCUT2D eigenvalue weighted by Crippen LogP contribution is 2.23. The van der Waals surface area contributed by atoms with Gasteiger partial charge in [-0.1, -0.05) is 0 Å². The van der Waals surface area contributed by atoms with Gasteiger partial charge in [-0.05, 0) is 0 Å². The minimum Gasteiger partial charge on any atom is -0.344 e. The Kier molecular flexibility index (Phi) is 33.0. The van der Waals surface area contributed by atoms with Crippen LogP contribution in [-0.2, 0) is 50.6 Å². The normalized spacial score (nSPS) is 12.4. The largest absolute Gasteiger partial charge is 0.522 e. The maximum Gasteiger partial charge on any atom is 0.522 e. The topological polar surface area (TPSA) is 447 Å². The molecule has 0 spiro atoms. The molecule has 0 aromatic carbocycles. The molecular weight excluding hydrogens is 815 g/mol. The van der Waals surface area contributed by atoms with E-state index in [1.165, 1.54) is 0 Å². The van der Waals surface area contributed by atoms with Crippen LogP contribution in [-0.4, -0.2) is 92.4 Å². The second-order valence-corrected chi connectivity index (χ2v) is 11.7. The Bertz CT molecular complexity index is 1080. The number of alkyl halides is 15. The van der Waals surface area contributed by atoms with E-state index in [0.717, 1.165) is 0 Å². The summed E-state index contributed by atoms with van der Waals surface area (Å²) in [6, 6.07) is 0. The smallest absolute Gasteiger partial charge is 0.344 e. The first kappa shape index (κ1) is 69.9. The zero-order valence-corrected chi connectivity index (χ0v) is 24.1. The van der Waals surface area contributed by atoms with Crippen molar-refractivity contribution in [3.05, 3.63) is 0 Å². The lowest BCUT2D eigenvalue weighted by molar-refractivity contribution is -0.0514. The summed E-state index contributed by atoms with van der Waals surface area (Å²) in [5, 5.41) is 0. The van der Waals surface area contributed by atoms with Crippen molar-refractivity contribution in [1.29, 1.82) is 0 Å². The zero-order chi connectivity index (χ0) is 35.0. The van der Waals surface area contributed by atoms with Gasteiger partial charge in [0.25, 0.3) is 0 Å². The predicted molar refractivity (Wildman–Crippen MR) is 113 cm³/mol. The van der Waals surface area contributed by atoms with E-state index in [2.05, 4.69) is 0 Å². The van der Waals surface area contributed by atoms with E-state index in [1.54, 1.807) is 0 Å². The molecule has 0 heterocycles. The molecule has 0 saturated carbocycles. The summed E-state index contributed by atoms with van der Waals surface area (Å²) in [5.41, 5.74) is -27.7. The van der Waals surface area contributed by atoms with Gasteiger partial charge in [0.2, 0.25) is 0 Å². The van der Waals surface area contributed by atoms with Gasteiger partial charge in [0.1, 0.15) is 0 Å². The van der Waals surface area contributed by atoms with Crippen LogP contribution in [0.4, 0.5) is 65.9 Å². The van der Waals surface area contributed by atoms with E-state index in [1.807, 2.05) is 0 Å². The van der Waals surface area contributed by atoms with Crippen molar-refractivity contribution in [3.8, 4) is 0 Å². The van der Waals surface area contributed by atoms with Crippen molar-refractivity contribution in [1.82, 2.24) is 30.8 Å². The Morgan fingerprint density at radius 1 is 0.244 bits per heavy atom. The minimum absolute atomic E-state index is 0. The van der Waals surface area contributed by atoms with E-state index < -0.39 is 78.1 Å². The molecule has 20 nitrogen and oxygen atoms in total. The van der Waals surface area contributed by atoms with E-state index in [0.29, 0.717) is 0 Å². The fourth-order valence-electron chi connectivity index (χ4n) is 0. The van der Waals surface area contributed by atoms with Crippen LogP contribution in [0.1, 0.15) is 0 Å². The summed E-state index contributed by atoms with van der Waals surface area (Å²) in [5.74, 6) is 0. The lowest BCUT2D eigenvalue weighted by atomic mass is 11.6. The second kappa shape index (κ2) is 21.2. The lowest BCUT2D eigenvalue weighted by Crippen LogP contribution is -2.21. The molecule has 0 aromatic heterocycles. The summed E-state index contributed by atoms with van der Waals surface area (Å²) < 4.78 is 288. The van der Waals surface area contributed by atoms with Crippen LogP contribution >= 0.6 is 0 Å². The molecule has 0 unspecified atom stereocenters. The van der Waals surface area contributed by atoms with E-state index in [-0.39, 0.29) is 30.8 Å². The van der Waals surface area contributed by atoms with E-state index in [4.69, 9.17) is 64.9 Å². The average Bonchev–Trinajstić information content (AvgIpc) is 2.47. The molecule has 20 N–H and O–H groups in total. The molecule has 0 fully saturated rings. The summed E-state index contributed by atoms with van der Waals surface area (Å²) in [6.07, 6.45) is 0. The van der Waals surface area contributed by atoms with Gasteiger partial charge in [0.15, 0.2) is 0 Å². The summed E-state index contributed by atoms with van der Waals surface area (Å²) in [4.78, 5) is 0. The molecule has 0 aliphatic heterocycles. The van der Waals surface area contributed by atoms with Gasteiger partial charge in [-0.3, -0.25) is 22.8 Å². The Labute approximate surface area is 240 Å². The van der Waals surface area contributed by atoms with Crippen molar-refractivity contribution in [3.63, 3.8) is 0 Å². The van der Waals surface area contributed by atoms with Crippen molar-refractivity contribution in [2.45, 2.75) is 27.5 Å². The number of hydrogen-bond acceptors (Lipinski definition) is 15. The number of halogens is 15. The molecule has 0 aromatic rings. The Balaban J connectivity index is -0.0000000414. The molecular formula is C5H20F15N5O15S5. The first-order valence-corrected chi connectivity index (χ1v) is 13.6.